The van der Waals surface area contributed by atoms with Crippen LogP contribution in [-0.2, 0) is 13.5 Å². The zero-order valence-electron chi connectivity index (χ0n) is 26.8. The van der Waals surface area contributed by atoms with E-state index in [2.05, 4.69) is 22.3 Å². The summed E-state index contributed by atoms with van der Waals surface area (Å²) in [6, 6.07) is 18.9. The molecule has 5 rings (SSSR count). The van der Waals surface area contributed by atoms with E-state index in [1.165, 1.54) is 38.3 Å². The predicted octanol–water partition coefficient (Wildman–Crippen LogP) is 7.65. The van der Waals surface area contributed by atoms with E-state index in [1.54, 1.807) is 30.7 Å². The molecule has 1 aliphatic rings. The normalized spacial score (nSPS) is 13.2. The molecule has 0 unspecified atom stereocenters. The Balaban J connectivity index is 0.000000233. The van der Waals surface area contributed by atoms with Crippen LogP contribution >= 0.6 is 0 Å². The zero-order chi connectivity index (χ0) is 31.8. The SMILES string of the molecule is CC(=O)c1ccc(N2CCCCCC2)cc1.CCc1nc2c(cc1NC(=O)c1ccccc1)c(OC(C)C)c(C(C)=O)n2C. The Bertz CT molecular complexity index is 1600. The van der Waals surface area contributed by atoms with Gasteiger partial charge in [-0.25, -0.2) is 4.98 Å². The van der Waals surface area contributed by atoms with Gasteiger partial charge < -0.3 is 19.5 Å². The number of aryl methyl sites for hydroxylation is 2. The van der Waals surface area contributed by atoms with E-state index in [-0.39, 0.29) is 23.6 Å². The smallest absolute Gasteiger partial charge is 0.255 e. The van der Waals surface area contributed by atoms with Gasteiger partial charge in [-0.2, -0.15) is 0 Å². The molecule has 2 aromatic carbocycles. The summed E-state index contributed by atoms with van der Waals surface area (Å²) >= 11 is 0. The molecule has 0 saturated carbocycles. The van der Waals surface area contributed by atoms with Crippen LogP contribution in [0.1, 0.15) is 97.2 Å². The van der Waals surface area contributed by atoms with Crippen LogP contribution in [-0.4, -0.2) is 46.2 Å². The Morgan fingerprint density at radius 1 is 0.886 bits per heavy atom. The van der Waals surface area contributed by atoms with Crippen LogP contribution in [0, 0.1) is 0 Å². The van der Waals surface area contributed by atoms with E-state index in [9.17, 15) is 14.4 Å². The summed E-state index contributed by atoms with van der Waals surface area (Å²) in [5, 5.41) is 3.67. The number of rotatable bonds is 8. The van der Waals surface area contributed by atoms with E-state index < -0.39 is 0 Å². The third-order valence-electron chi connectivity index (χ3n) is 7.75. The van der Waals surface area contributed by atoms with E-state index in [1.807, 2.05) is 57.2 Å². The maximum absolute atomic E-state index is 12.6. The molecule has 2 aromatic heterocycles. The number of benzene rings is 2. The standard InChI is InChI=1S/C22H25N3O3.C14H19NO/c1-6-17-18(24-22(27)15-10-8-7-9-11-15)12-16-20(28-13(2)3)19(14(4)26)25(5)21(16)23-17;1-12(16)13-6-8-14(9-7-13)15-10-4-2-3-5-11-15/h7-13H,6H2,1-5H3,(H,24,27);6-9H,2-5,10-11H2,1H3. The molecule has 44 heavy (non-hydrogen) atoms. The molecule has 3 heterocycles. The lowest BCUT2D eigenvalue weighted by atomic mass is 10.1. The molecule has 232 valence electrons. The second-order valence-corrected chi connectivity index (χ2v) is 11.5. The van der Waals surface area contributed by atoms with Gasteiger partial charge in [-0.05, 0) is 82.5 Å². The maximum Gasteiger partial charge on any atom is 0.255 e. The van der Waals surface area contributed by atoms with Gasteiger partial charge in [-0.3, -0.25) is 14.4 Å². The van der Waals surface area contributed by atoms with Gasteiger partial charge in [0.2, 0.25) is 0 Å². The number of Topliss-reactive ketones (excluding diaryl/α,β-unsaturated/α-hetero) is 2. The summed E-state index contributed by atoms with van der Waals surface area (Å²) in [5.74, 6) is 0.349. The average molecular weight is 597 g/mol. The van der Waals surface area contributed by atoms with Crippen molar-refractivity contribution in [2.24, 2.45) is 7.05 Å². The Labute approximate surface area is 260 Å². The van der Waals surface area contributed by atoms with Crippen LogP contribution in [0.2, 0.25) is 0 Å². The number of carbonyl (C=O) groups excluding carboxylic acids is 3. The van der Waals surface area contributed by atoms with Gasteiger partial charge in [0.25, 0.3) is 5.91 Å². The monoisotopic (exact) mass is 596 g/mol. The van der Waals surface area contributed by atoms with E-state index in [0.717, 1.165) is 24.3 Å². The number of nitrogens with zero attached hydrogens (tertiary/aromatic N) is 3. The van der Waals surface area contributed by atoms with Crippen LogP contribution in [0.5, 0.6) is 5.75 Å². The summed E-state index contributed by atoms with van der Waals surface area (Å²) in [5.41, 5.74) is 5.15. The number of ketones is 2. The predicted molar refractivity (Wildman–Crippen MR) is 177 cm³/mol. The van der Waals surface area contributed by atoms with E-state index >= 15 is 0 Å². The number of hydrogen-bond donors (Lipinski definition) is 1. The third-order valence-corrected chi connectivity index (χ3v) is 7.75. The highest BCUT2D eigenvalue weighted by Crippen LogP contribution is 2.36. The molecule has 8 heteroatoms. The fourth-order valence-electron chi connectivity index (χ4n) is 5.50. The maximum atomic E-state index is 12.6. The van der Waals surface area contributed by atoms with Gasteiger partial charge >= 0.3 is 0 Å². The first-order chi connectivity index (χ1) is 21.1. The third kappa shape index (κ3) is 7.73. The first-order valence-electron chi connectivity index (χ1n) is 15.5. The van der Waals surface area contributed by atoms with Crippen molar-refractivity contribution in [3.8, 4) is 5.75 Å². The molecule has 0 aliphatic carbocycles. The lowest BCUT2D eigenvalue weighted by molar-refractivity contribution is 0.0995. The first kappa shape index (κ1) is 32.5. The highest BCUT2D eigenvalue weighted by molar-refractivity contribution is 6.07. The van der Waals surface area contributed by atoms with Crippen molar-refractivity contribution in [2.75, 3.05) is 23.3 Å². The molecule has 0 atom stereocenters. The summed E-state index contributed by atoms with van der Waals surface area (Å²) in [7, 11) is 1.81. The highest BCUT2D eigenvalue weighted by Gasteiger charge is 2.24. The molecule has 1 N–H and O–H groups in total. The molecule has 0 spiro atoms. The minimum absolute atomic E-state index is 0.0935. The quantitative estimate of drug-likeness (QED) is 0.210. The fourth-order valence-corrected chi connectivity index (χ4v) is 5.50. The Morgan fingerprint density at radius 2 is 1.52 bits per heavy atom. The van der Waals surface area contributed by atoms with Crippen LogP contribution < -0.4 is 15.0 Å². The number of pyridine rings is 1. The topological polar surface area (TPSA) is 93.5 Å². The molecular weight excluding hydrogens is 552 g/mol. The number of fused-ring (bicyclic) bond motifs is 1. The van der Waals surface area contributed by atoms with Crippen LogP contribution in [0.15, 0.2) is 60.7 Å². The largest absolute Gasteiger partial charge is 0.488 e. The van der Waals surface area contributed by atoms with Crippen molar-refractivity contribution in [3.63, 3.8) is 0 Å². The molecule has 1 saturated heterocycles. The molecular formula is C36H44N4O4. The number of anilines is 2. The molecule has 1 aliphatic heterocycles. The molecule has 4 aromatic rings. The first-order valence-corrected chi connectivity index (χ1v) is 15.5. The highest BCUT2D eigenvalue weighted by atomic mass is 16.5. The zero-order valence-corrected chi connectivity index (χ0v) is 26.8. The number of carbonyl (C=O) groups is 3. The lowest BCUT2D eigenvalue weighted by Gasteiger charge is -2.22. The average Bonchev–Trinajstić information content (AvgIpc) is 3.16. The Morgan fingerprint density at radius 3 is 2.07 bits per heavy atom. The van der Waals surface area contributed by atoms with Crippen molar-refractivity contribution in [2.45, 2.75) is 72.8 Å². The summed E-state index contributed by atoms with van der Waals surface area (Å²) in [6.45, 7) is 11.2. The van der Waals surface area contributed by atoms with Gasteiger partial charge in [-0.1, -0.05) is 38.0 Å². The van der Waals surface area contributed by atoms with Crippen LogP contribution in [0.4, 0.5) is 11.4 Å². The Kier molecular flexibility index (Phi) is 10.9. The number of hydrogen-bond acceptors (Lipinski definition) is 6. The second-order valence-electron chi connectivity index (χ2n) is 11.5. The van der Waals surface area contributed by atoms with Crippen molar-refractivity contribution in [1.82, 2.24) is 9.55 Å². The number of aromatic nitrogens is 2. The van der Waals surface area contributed by atoms with Gasteiger partial charge in [0.15, 0.2) is 17.3 Å². The fraction of sp³-hybridized carbons (Fsp3) is 0.389. The van der Waals surface area contributed by atoms with Crippen molar-refractivity contribution >= 4 is 39.9 Å². The van der Waals surface area contributed by atoms with Gasteiger partial charge in [0.1, 0.15) is 11.3 Å². The summed E-state index contributed by atoms with van der Waals surface area (Å²) in [4.78, 5) is 43.2. The number of nitrogens with one attached hydrogen (secondary N) is 1. The number of ether oxygens (including phenoxy) is 1. The van der Waals surface area contributed by atoms with Crippen molar-refractivity contribution in [3.05, 3.63) is 83.2 Å². The minimum Gasteiger partial charge on any atom is -0.488 e. The van der Waals surface area contributed by atoms with E-state index in [4.69, 9.17) is 9.72 Å². The van der Waals surface area contributed by atoms with Crippen LogP contribution in [0.25, 0.3) is 11.0 Å². The van der Waals surface area contributed by atoms with Gasteiger partial charge in [0, 0.05) is 43.9 Å². The molecule has 8 nitrogen and oxygen atoms in total. The minimum atomic E-state index is -0.203. The van der Waals surface area contributed by atoms with Gasteiger partial charge in [-0.15, -0.1) is 0 Å². The van der Waals surface area contributed by atoms with E-state index in [0.29, 0.717) is 40.1 Å². The van der Waals surface area contributed by atoms with Crippen molar-refractivity contribution < 1.29 is 19.1 Å². The summed E-state index contributed by atoms with van der Waals surface area (Å²) in [6.07, 6.45) is 5.81. The van der Waals surface area contributed by atoms with Gasteiger partial charge in [0.05, 0.1) is 22.9 Å². The molecule has 0 bridgehead atoms. The van der Waals surface area contributed by atoms with Crippen molar-refractivity contribution in [1.29, 1.82) is 0 Å². The molecule has 0 radical (unpaired) electrons. The Hall–Kier alpha value is -4.46. The second kappa shape index (κ2) is 14.8. The summed E-state index contributed by atoms with van der Waals surface area (Å²) < 4.78 is 7.73. The number of amides is 1. The molecule has 1 fully saturated rings. The van der Waals surface area contributed by atoms with Crippen LogP contribution in [0.3, 0.4) is 0 Å². The molecule has 1 amide bonds. The lowest BCUT2D eigenvalue weighted by Crippen LogP contribution is -2.23.